The molecule has 0 saturated heterocycles. The fourth-order valence-corrected chi connectivity index (χ4v) is 2.07. The van der Waals surface area contributed by atoms with Crippen molar-refractivity contribution in [3.05, 3.63) is 35.9 Å². The van der Waals surface area contributed by atoms with Gasteiger partial charge in [0.1, 0.15) is 0 Å². The lowest BCUT2D eigenvalue weighted by atomic mass is 10.2. The first-order valence-corrected chi connectivity index (χ1v) is 7.46. The lowest BCUT2D eigenvalue weighted by molar-refractivity contribution is -0.130. The van der Waals surface area contributed by atoms with E-state index in [4.69, 9.17) is 0 Å². The molecule has 0 unspecified atom stereocenters. The largest absolute Gasteiger partial charge is 0.337 e. The van der Waals surface area contributed by atoms with Gasteiger partial charge in [-0.15, -0.1) is 0 Å². The molecule has 5 heteroatoms. The van der Waals surface area contributed by atoms with Crippen molar-refractivity contribution in [2.75, 3.05) is 26.2 Å². The van der Waals surface area contributed by atoms with Crippen molar-refractivity contribution in [2.45, 2.75) is 27.3 Å². The van der Waals surface area contributed by atoms with E-state index >= 15 is 0 Å². The minimum Gasteiger partial charge on any atom is -0.337 e. The molecule has 1 rings (SSSR count). The average molecular weight is 291 g/mol. The highest BCUT2D eigenvalue weighted by Gasteiger charge is 2.15. The van der Waals surface area contributed by atoms with Crippen molar-refractivity contribution >= 4 is 11.9 Å². The number of nitrogens with zero attached hydrogens (tertiary/aromatic N) is 2. The molecular weight excluding hydrogens is 266 g/mol. The van der Waals surface area contributed by atoms with Gasteiger partial charge in [-0.05, 0) is 26.3 Å². The molecule has 0 atom stereocenters. The minimum atomic E-state index is -0.191. The van der Waals surface area contributed by atoms with E-state index < -0.39 is 0 Å². The van der Waals surface area contributed by atoms with Crippen molar-refractivity contribution in [2.24, 2.45) is 0 Å². The fraction of sp³-hybridized carbons (Fsp3) is 0.500. The van der Waals surface area contributed by atoms with Crippen LogP contribution in [-0.4, -0.2) is 47.9 Å². The summed E-state index contributed by atoms with van der Waals surface area (Å²) in [7, 11) is 0. The third-order valence-electron chi connectivity index (χ3n) is 3.39. The summed E-state index contributed by atoms with van der Waals surface area (Å²) >= 11 is 0. The summed E-state index contributed by atoms with van der Waals surface area (Å²) in [5.74, 6) is -0.0677. The Hall–Kier alpha value is -2.04. The number of likely N-dealkylation sites (N-methyl/N-ethyl adjacent to an activating group) is 1. The van der Waals surface area contributed by atoms with E-state index in [1.165, 1.54) is 0 Å². The Kier molecular flexibility index (Phi) is 7.29. The van der Waals surface area contributed by atoms with Crippen LogP contribution in [-0.2, 0) is 11.3 Å². The normalized spacial score (nSPS) is 10.0. The van der Waals surface area contributed by atoms with Crippen molar-refractivity contribution in [1.82, 2.24) is 15.1 Å². The fourth-order valence-electron chi connectivity index (χ4n) is 2.07. The van der Waals surface area contributed by atoms with Crippen LogP contribution in [0.1, 0.15) is 26.3 Å². The second kappa shape index (κ2) is 9.00. The van der Waals surface area contributed by atoms with Gasteiger partial charge in [0.15, 0.2) is 0 Å². The van der Waals surface area contributed by atoms with Gasteiger partial charge in [-0.3, -0.25) is 4.79 Å². The molecule has 3 amide bonds. The van der Waals surface area contributed by atoms with Crippen LogP contribution in [0.25, 0.3) is 0 Å². The van der Waals surface area contributed by atoms with Gasteiger partial charge in [0.05, 0.1) is 6.54 Å². The molecule has 1 N–H and O–H groups in total. The average Bonchev–Trinajstić information content (AvgIpc) is 2.52. The zero-order valence-electron chi connectivity index (χ0n) is 13.1. The quantitative estimate of drug-likeness (QED) is 0.836. The van der Waals surface area contributed by atoms with E-state index in [1.807, 2.05) is 51.1 Å². The summed E-state index contributed by atoms with van der Waals surface area (Å²) in [6, 6.07) is 9.65. The summed E-state index contributed by atoms with van der Waals surface area (Å²) in [5, 5.41) is 2.68. The lowest BCUT2D eigenvalue weighted by Crippen LogP contribution is -2.45. The summed E-state index contributed by atoms with van der Waals surface area (Å²) in [4.78, 5) is 27.4. The van der Waals surface area contributed by atoms with Gasteiger partial charge in [0.25, 0.3) is 0 Å². The molecular formula is C16H25N3O2. The van der Waals surface area contributed by atoms with Crippen molar-refractivity contribution in [1.29, 1.82) is 0 Å². The van der Waals surface area contributed by atoms with Gasteiger partial charge in [-0.1, -0.05) is 30.3 Å². The number of urea groups is 1. The van der Waals surface area contributed by atoms with Crippen LogP contribution in [0.2, 0.25) is 0 Å². The highest BCUT2D eigenvalue weighted by Crippen LogP contribution is 2.04. The molecule has 0 heterocycles. The second-order valence-corrected chi connectivity index (χ2v) is 4.72. The SMILES string of the molecule is CCN(Cc1ccccc1)C(=O)CNC(=O)N(CC)CC. The van der Waals surface area contributed by atoms with Crippen molar-refractivity contribution < 1.29 is 9.59 Å². The molecule has 1 aromatic carbocycles. The Labute approximate surface area is 126 Å². The van der Waals surface area contributed by atoms with E-state index in [0.29, 0.717) is 26.2 Å². The molecule has 0 spiro atoms. The molecule has 0 bridgehead atoms. The predicted octanol–water partition coefficient (Wildman–Crippen LogP) is 2.09. The molecule has 0 aromatic heterocycles. The Morgan fingerprint density at radius 3 is 2.05 bits per heavy atom. The zero-order valence-corrected chi connectivity index (χ0v) is 13.1. The highest BCUT2D eigenvalue weighted by molar-refractivity contribution is 5.84. The van der Waals surface area contributed by atoms with E-state index in [9.17, 15) is 9.59 Å². The number of rotatable bonds is 7. The van der Waals surface area contributed by atoms with Gasteiger partial charge in [-0.2, -0.15) is 0 Å². The van der Waals surface area contributed by atoms with Gasteiger partial charge in [0.2, 0.25) is 5.91 Å². The summed E-state index contributed by atoms with van der Waals surface area (Å²) < 4.78 is 0. The van der Waals surface area contributed by atoms with Gasteiger partial charge < -0.3 is 15.1 Å². The Morgan fingerprint density at radius 2 is 1.52 bits per heavy atom. The lowest BCUT2D eigenvalue weighted by Gasteiger charge is -2.23. The molecule has 116 valence electrons. The number of hydrogen-bond acceptors (Lipinski definition) is 2. The minimum absolute atomic E-state index is 0.0377. The Morgan fingerprint density at radius 1 is 0.952 bits per heavy atom. The topological polar surface area (TPSA) is 52.7 Å². The molecule has 1 aromatic rings. The van der Waals surface area contributed by atoms with Crippen molar-refractivity contribution in [3.8, 4) is 0 Å². The van der Waals surface area contributed by atoms with E-state index in [-0.39, 0.29) is 18.5 Å². The van der Waals surface area contributed by atoms with Crippen LogP contribution in [0.3, 0.4) is 0 Å². The number of hydrogen-bond donors (Lipinski definition) is 1. The second-order valence-electron chi connectivity index (χ2n) is 4.72. The first kappa shape index (κ1) is 17.0. The first-order chi connectivity index (χ1) is 10.1. The van der Waals surface area contributed by atoms with Crippen LogP contribution in [0.15, 0.2) is 30.3 Å². The standard InChI is InChI=1S/C16H25N3O2/c1-4-18(5-2)16(21)17-12-15(20)19(6-3)13-14-10-8-7-9-11-14/h7-11H,4-6,12-13H2,1-3H3,(H,17,21). The van der Waals surface area contributed by atoms with Crippen LogP contribution in [0, 0.1) is 0 Å². The molecule has 21 heavy (non-hydrogen) atoms. The molecule has 0 radical (unpaired) electrons. The number of amides is 3. The molecule has 0 aliphatic rings. The van der Waals surface area contributed by atoms with Crippen LogP contribution in [0.4, 0.5) is 4.79 Å². The monoisotopic (exact) mass is 291 g/mol. The summed E-state index contributed by atoms with van der Waals surface area (Å²) in [6.07, 6.45) is 0. The maximum absolute atomic E-state index is 12.2. The van der Waals surface area contributed by atoms with Crippen molar-refractivity contribution in [3.63, 3.8) is 0 Å². The Bertz CT molecular complexity index is 444. The number of nitrogens with one attached hydrogen (secondary N) is 1. The highest BCUT2D eigenvalue weighted by atomic mass is 16.2. The van der Waals surface area contributed by atoms with Crippen LogP contribution in [0.5, 0.6) is 0 Å². The predicted molar refractivity (Wildman–Crippen MR) is 83.9 cm³/mol. The van der Waals surface area contributed by atoms with Crippen LogP contribution >= 0.6 is 0 Å². The van der Waals surface area contributed by atoms with E-state index in [0.717, 1.165) is 5.56 Å². The maximum Gasteiger partial charge on any atom is 0.317 e. The first-order valence-electron chi connectivity index (χ1n) is 7.46. The van der Waals surface area contributed by atoms with E-state index in [2.05, 4.69) is 5.32 Å². The third-order valence-corrected chi connectivity index (χ3v) is 3.39. The molecule has 0 saturated carbocycles. The summed E-state index contributed by atoms with van der Waals surface area (Å²) in [6.45, 7) is 8.27. The third kappa shape index (κ3) is 5.45. The number of carbonyl (C=O) groups excluding carboxylic acids is 2. The Balaban J connectivity index is 2.50. The van der Waals surface area contributed by atoms with Gasteiger partial charge in [-0.25, -0.2) is 4.79 Å². The molecule has 0 aliphatic heterocycles. The molecule has 0 fully saturated rings. The van der Waals surface area contributed by atoms with Crippen LogP contribution < -0.4 is 5.32 Å². The smallest absolute Gasteiger partial charge is 0.317 e. The van der Waals surface area contributed by atoms with Gasteiger partial charge in [0, 0.05) is 26.2 Å². The molecule has 0 aliphatic carbocycles. The maximum atomic E-state index is 12.2. The summed E-state index contributed by atoms with van der Waals surface area (Å²) in [5.41, 5.74) is 1.09. The van der Waals surface area contributed by atoms with E-state index in [1.54, 1.807) is 9.80 Å². The number of carbonyl (C=O) groups is 2. The number of benzene rings is 1. The molecule has 5 nitrogen and oxygen atoms in total. The van der Waals surface area contributed by atoms with Gasteiger partial charge >= 0.3 is 6.03 Å². The zero-order chi connectivity index (χ0) is 15.7.